The van der Waals surface area contributed by atoms with E-state index in [9.17, 15) is 0 Å². The molecule has 0 bridgehead atoms. The van der Waals surface area contributed by atoms with Crippen LogP contribution in [0, 0.1) is 0 Å². The van der Waals surface area contributed by atoms with Gasteiger partial charge in [-0.15, -0.1) is 0 Å². The molecule has 66 valence electrons. The minimum absolute atomic E-state index is 0.0928. The smallest absolute Gasteiger partial charge is 0.0449 e. The molecule has 1 rings (SSSR count). The first kappa shape index (κ1) is 9.03. The van der Waals surface area contributed by atoms with Crippen LogP contribution in [0.1, 0.15) is 18.0 Å². The summed E-state index contributed by atoms with van der Waals surface area (Å²) in [7, 11) is 0. The van der Waals surface area contributed by atoms with Crippen LogP contribution in [0.4, 0.5) is 5.69 Å². The lowest BCUT2D eigenvalue weighted by Crippen LogP contribution is -2.13. The normalized spacial score (nSPS) is 12.8. The Bertz CT molecular complexity index is 250. The third-order valence-electron chi connectivity index (χ3n) is 1.84. The zero-order valence-electron chi connectivity index (χ0n) is 6.90. The van der Waals surface area contributed by atoms with Crippen molar-refractivity contribution in [3.63, 3.8) is 0 Å². The molecule has 1 aromatic carbocycles. The molecule has 1 atom stereocenters. The number of para-hydroxylation sites is 1. The van der Waals surface area contributed by atoms with Crippen LogP contribution in [0.5, 0.6) is 0 Å². The molecule has 3 nitrogen and oxygen atoms in total. The van der Waals surface area contributed by atoms with Crippen LogP contribution in [-0.2, 0) is 0 Å². The van der Waals surface area contributed by atoms with E-state index in [0.717, 1.165) is 5.56 Å². The van der Waals surface area contributed by atoms with Crippen LogP contribution in [0.3, 0.4) is 0 Å². The molecule has 0 heterocycles. The van der Waals surface area contributed by atoms with E-state index < -0.39 is 0 Å². The number of anilines is 1. The van der Waals surface area contributed by atoms with Gasteiger partial charge in [-0.25, -0.2) is 0 Å². The predicted molar refractivity (Wildman–Crippen MR) is 49.5 cm³/mol. The summed E-state index contributed by atoms with van der Waals surface area (Å²) in [5.74, 6) is 0. The number of nitrogen functional groups attached to an aromatic ring is 1. The van der Waals surface area contributed by atoms with Gasteiger partial charge in [0.2, 0.25) is 0 Å². The second kappa shape index (κ2) is 4.09. The summed E-state index contributed by atoms with van der Waals surface area (Å²) in [6, 6.07) is 7.30. The molecular formula is C9H14N2O. The van der Waals surface area contributed by atoms with Crippen molar-refractivity contribution in [2.75, 3.05) is 12.3 Å². The van der Waals surface area contributed by atoms with Gasteiger partial charge in [-0.2, -0.15) is 0 Å². The highest BCUT2D eigenvalue weighted by Crippen LogP contribution is 2.19. The minimum Gasteiger partial charge on any atom is -0.398 e. The summed E-state index contributed by atoms with van der Waals surface area (Å²) in [6.07, 6.45) is 0.550. The molecule has 0 aromatic heterocycles. The van der Waals surface area contributed by atoms with Crippen molar-refractivity contribution in [2.45, 2.75) is 12.5 Å². The second-order valence-electron chi connectivity index (χ2n) is 2.75. The maximum atomic E-state index is 8.67. The molecule has 1 aromatic rings. The lowest BCUT2D eigenvalue weighted by molar-refractivity contribution is 0.276. The molecule has 0 aliphatic carbocycles. The first-order valence-corrected chi connectivity index (χ1v) is 3.96. The third kappa shape index (κ3) is 1.96. The predicted octanol–water partition coefficient (Wildman–Crippen LogP) is 0.651. The quantitative estimate of drug-likeness (QED) is 0.577. The van der Waals surface area contributed by atoms with E-state index in [2.05, 4.69) is 0 Å². The number of hydrogen-bond donors (Lipinski definition) is 3. The fraction of sp³-hybridized carbons (Fsp3) is 0.333. The van der Waals surface area contributed by atoms with E-state index in [1.54, 1.807) is 0 Å². The van der Waals surface area contributed by atoms with Gasteiger partial charge < -0.3 is 16.6 Å². The van der Waals surface area contributed by atoms with Crippen LogP contribution in [0.25, 0.3) is 0 Å². The summed E-state index contributed by atoms with van der Waals surface area (Å²) in [5.41, 5.74) is 13.1. The van der Waals surface area contributed by atoms with Gasteiger partial charge in [-0.3, -0.25) is 0 Å². The Morgan fingerprint density at radius 1 is 1.33 bits per heavy atom. The maximum absolute atomic E-state index is 8.67. The molecule has 0 saturated heterocycles. The van der Waals surface area contributed by atoms with E-state index in [0.29, 0.717) is 12.1 Å². The zero-order chi connectivity index (χ0) is 8.97. The maximum Gasteiger partial charge on any atom is 0.0449 e. The molecule has 12 heavy (non-hydrogen) atoms. The average Bonchev–Trinajstić information content (AvgIpc) is 2.05. The minimum atomic E-state index is -0.156. The van der Waals surface area contributed by atoms with Crippen LogP contribution in [0.15, 0.2) is 24.3 Å². The Kier molecular flexibility index (Phi) is 3.08. The molecule has 0 saturated carbocycles. The van der Waals surface area contributed by atoms with E-state index in [-0.39, 0.29) is 12.6 Å². The molecule has 0 aliphatic rings. The highest BCUT2D eigenvalue weighted by atomic mass is 16.3. The van der Waals surface area contributed by atoms with Crippen molar-refractivity contribution in [3.05, 3.63) is 29.8 Å². The SMILES string of the molecule is Nc1ccccc1[C@H](N)CCO. The van der Waals surface area contributed by atoms with E-state index in [1.165, 1.54) is 0 Å². The fourth-order valence-electron chi connectivity index (χ4n) is 1.14. The summed E-state index contributed by atoms with van der Waals surface area (Å²) in [4.78, 5) is 0. The Hall–Kier alpha value is -1.06. The summed E-state index contributed by atoms with van der Waals surface area (Å²) in [6.45, 7) is 0.0928. The van der Waals surface area contributed by atoms with Crippen molar-refractivity contribution >= 4 is 5.69 Å². The van der Waals surface area contributed by atoms with Crippen molar-refractivity contribution in [3.8, 4) is 0 Å². The van der Waals surface area contributed by atoms with Crippen LogP contribution in [0.2, 0.25) is 0 Å². The van der Waals surface area contributed by atoms with Crippen molar-refractivity contribution in [2.24, 2.45) is 5.73 Å². The molecule has 0 amide bonds. The first-order chi connectivity index (χ1) is 5.75. The standard InChI is InChI=1S/C9H14N2O/c10-8-4-2-1-3-7(8)9(11)5-6-12/h1-4,9,12H,5-6,10-11H2/t9-/m1/s1. The molecule has 0 fully saturated rings. The lowest BCUT2D eigenvalue weighted by Gasteiger charge is -2.12. The van der Waals surface area contributed by atoms with Crippen molar-refractivity contribution in [1.82, 2.24) is 0 Å². The number of aliphatic hydroxyl groups is 1. The summed E-state index contributed by atoms with van der Waals surface area (Å²) < 4.78 is 0. The van der Waals surface area contributed by atoms with Crippen molar-refractivity contribution in [1.29, 1.82) is 0 Å². The highest BCUT2D eigenvalue weighted by Gasteiger charge is 2.06. The van der Waals surface area contributed by atoms with Gasteiger partial charge in [-0.1, -0.05) is 18.2 Å². The number of hydrogen-bond acceptors (Lipinski definition) is 3. The second-order valence-corrected chi connectivity index (χ2v) is 2.75. The van der Waals surface area contributed by atoms with Gasteiger partial charge in [0.1, 0.15) is 0 Å². The molecule has 0 aliphatic heterocycles. The Morgan fingerprint density at radius 2 is 2.00 bits per heavy atom. The summed E-state index contributed by atoms with van der Waals surface area (Å²) in [5, 5.41) is 8.67. The highest BCUT2D eigenvalue weighted by molar-refractivity contribution is 5.47. The van der Waals surface area contributed by atoms with Gasteiger partial charge in [0.25, 0.3) is 0 Å². The van der Waals surface area contributed by atoms with E-state index in [1.807, 2.05) is 24.3 Å². The number of rotatable bonds is 3. The van der Waals surface area contributed by atoms with Crippen molar-refractivity contribution < 1.29 is 5.11 Å². The average molecular weight is 166 g/mol. The molecule has 0 radical (unpaired) electrons. The van der Waals surface area contributed by atoms with Gasteiger partial charge >= 0.3 is 0 Å². The number of aliphatic hydroxyl groups excluding tert-OH is 1. The lowest BCUT2D eigenvalue weighted by atomic mass is 10.0. The fourth-order valence-corrected chi connectivity index (χ4v) is 1.14. The van der Waals surface area contributed by atoms with Gasteiger partial charge in [0.15, 0.2) is 0 Å². The van der Waals surface area contributed by atoms with Crippen LogP contribution in [-0.4, -0.2) is 11.7 Å². The Labute approximate surface area is 72.0 Å². The van der Waals surface area contributed by atoms with E-state index >= 15 is 0 Å². The van der Waals surface area contributed by atoms with Crippen LogP contribution >= 0.6 is 0 Å². The molecule has 0 unspecified atom stereocenters. The first-order valence-electron chi connectivity index (χ1n) is 3.96. The molecule has 5 N–H and O–H groups in total. The molecular weight excluding hydrogens is 152 g/mol. The van der Waals surface area contributed by atoms with Crippen LogP contribution < -0.4 is 11.5 Å². The largest absolute Gasteiger partial charge is 0.398 e. The number of benzene rings is 1. The Balaban J connectivity index is 2.79. The summed E-state index contributed by atoms with van der Waals surface area (Å²) >= 11 is 0. The van der Waals surface area contributed by atoms with Gasteiger partial charge in [0, 0.05) is 18.3 Å². The topological polar surface area (TPSA) is 72.3 Å². The number of nitrogens with two attached hydrogens (primary N) is 2. The monoisotopic (exact) mass is 166 g/mol. The van der Waals surface area contributed by atoms with Gasteiger partial charge in [0.05, 0.1) is 0 Å². The van der Waals surface area contributed by atoms with Gasteiger partial charge in [-0.05, 0) is 18.1 Å². The van der Waals surface area contributed by atoms with E-state index in [4.69, 9.17) is 16.6 Å². The zero-order valence-corrected chi connectivity index (χ0v) is 6.90. The molecule has 0 spiro atoms. The molecule has 3 heteroatoms. The Morgan fingerprint density at radius 3 is 2.58 bits per heavy atom. The third-order valence-corrected chi connectivity index (χ3v) is 1.84.